The molecule has 0 saturated heterocycles. The van der Waals surface area contributed by atoms with Crippen molar-refractivity contribution in [2.24, 2.45) is 0 Å². The normalized spacial score (nSPS) is 14.6. The van der Waals surface area contributed by atoms with E-state index in [4.69, 9.17) is 21.1 Å². The maximum atomic E-state index is 12.4. The lowest BCUT2D eigenvalue weighted by atomic mass is 10.1. The molecule has 2 N–H and O–H groups in total. The number of nitrogens with one attached hydrogen (secondary N) is 2. The molecule has 0 aromatic heterocycles. The van der Waals surface area contributed by atoms with Gasteiger partial charge in [-0.3, -0.25) is 0 Å². The summed E-state index contributed by atoms with van der Waals surface area (Å²) in [5.74, 6) is 1.21. The van der Waals surface area contributed by atoms with Crippen LogP contribution in [-0.4, -0.2) is 20.3 Å². The second-order valence-corrected chi connectivity index (χ2v) is 6.17. The van der Waals surface area contributed by atoms with Crippen LogP contribution in [0.15, 0.2) is 42.5 Å². The summed E-state index contributed by atoms with van der Waals surface area (Å²) in [6.07, 6.45) is 1.81. The highest BCUT2D eigenvalue weighted by molar-refractivity contribution is 6.30. The highest BCUT2D eigenvalue weighted by atomic mass is 35.5. The lowest BCUT2D eigenvalue weighted by Gasteiger charge is -2.19. The van der Waals surface area contributed by atoms with E-state index in [9.17, 15) is 4.79 Å². The van der Waals surface area contributed by atoms with Gasteiger partial charge in [0, 0.05) is 11.1 Å². The van der Waals surface area contributed by atoms with Crippen molar-refractivity contribution in [3.8, 4) is 11.5 Å². The maximum Gasteiger partial charge on any atom is 0.320 e. The van der Waals surface area contributed by atoms with Gasteiger partial charge in [-0.05, 0) is 42.7 Å². The first-order valence-corrected chi connectivity index (χ1v) is 8.01. The van der Waals surface area contributed by atoms with Crippen molar-refractivity contribution in [1.82, 2.24) is 5.32 Å². The van der Waals surface area contributed by atoms with Gasteiger partial charge >= 0.3 is 6.03 Å². The average molecular weight is 347 g/mol. The Kier molecular flexibility index (Phi) is 4.53. The summed E-state index contributed by atoms with van der Waals surface area (Å²) >= 11 is 5.93. The van der Waals surface area contributed by atoms with Crippen LogP contribution in [0.5, 0.6) is 11.5 Å². The monoisotopic (exact) mass is 346 g/mol. The Morgan fingerprint density at radius 1 is 1.08 bits per heavy atom. The van der Waals surface area contributed by atoms with E-state index >= 15 is 0 Å². The van der Waals surface area contributed by atoms with Gasteiger partial charge in [0.15, 0.2) is 0 Å². The Morgan fingerprint density at radius 2 is 1.79 bits per heavy atom. The topological polar surface area (TPSA) is 59.6 Å². The van der Waals surface area contributed by atoms with E-state index < -0.39 is 0 Å². The number of methoxy groups -OCH3 is 2. The van der Waals surface area contributed by atoms with Crippen LogP contribution < -0.4 is 20.1 Å². The summed E-state index contributed by atoms with van der Waals surface area (Å²) in [4.78, 5) is 12.4. The summed E-state index contributed by atoms with van der Waals surface area (Å²) in [5, 5.41) is 6.57. The van der Waals surface area contributed by atoms with Crippen LogP contribution in [0.2, 0.25) is 5.02 Å². The molecule has 0 aliphatic heterocycles. The van der Waals surface area contributed by atoms with Crippen molar-refractivity contribution in [3.63, 3.8) is 0 Å². The van der Waals surface area contributed by atoms with Crippen LogP contribution >= 0.6 is 11.6 Å². The average Bonchev–Trinajstić information content (AvgIpc) is 3.36. The van der Waals surface area contributed by atoms with Crippen molar-refractivity contribution in [2.75, 3.05) is 19.5 Å². The smallest absolute Gasteiger partial charge is 0.320 e. The fraction of sp³-hybridized carbons (Fsp3) is 0.278. The molecule has 1 aliphatic rings. The molecular formula is C18H19ClN2O3. The van der Waals surface area contributed by atoms with E-state index in [1.54, 1.807) is 32.4 Å². The first-order chi connectivity index (χ1) is 11.6. The third-order valence-corrected chi connectivity index (χ3v) is 4.41. The molecule has 3 rings (SSSR count). The molecular weight excluding hydrogens is 328 g/mol. The molecule has 1 aliphatic carbocycles. The molecule has 2 aromatic rings. The first kappa shape index (κ1) is 16.5. The zero-order valence-corrected chi connectivity index (χ0v) is 14.3. The van der Waals surface area contributed by atoms with Crippen molar-refractivity contribution in [3.05, 3.63) is 53.1 Å². The van der Waals surface area contributed by atoms with Crippen LogP contribution in [0.1, 0.15) is 18.4 Å². The van der Waals surface area contributed by atoms with Crippen molar-refractivity contribution < 1.29 is 14.3 Å². The molecule has 2 amide bonds. The summed E-state index contributed by atoms with van der Waals surface area (Å²) in [6, 6.07) is 12.5. The van der Waals surface area contributed by atoms with Crippen LogP contribution in [0, 0.1) is 0 Å². The van der Waals surface area contributed by atoms with E-state index in [0.717, 1.165) is 18.4 Å². The lowest BCUT2D eigenvalue weighted by Crippen LogP contribution is -2.38. The van der Waals surface area contributed by atoms with E-state index in [1.165, 1.54) is 0 Å². The SMILES string of the molecule is COc1ccc(NC(=O)NC2(c3ccc(Cl)cc3)CC2)c(OC)c1. The third-order valence-electron chi connectivity index (χ3n) is 4.16. The van der Waals surface area contributed by atoms with E-state index in [2.05, 4.69) is 10.6 Å². The van der Waals surface area contributed by atoms with Crippen LogP contribution in [0.4, 0.5) is 10.5 Å². The van der Waals surface area contributed by atoms with E-state index in [1.807, 2.05) is 24.3 Å². The Hall–Kier alpha value is -2.40. The fourth-order valence-electron chi connectivity index (χ4n) is 2.65. The lowest BCUT2D eigenvalue weighted by molar-refractivity contribution is 0.247. The van der Waals surface area contributed by atoms with Crippen molar-refractivity contribution in [2.45, 2.75) is 18.4 Å². The zero-order valence-electron chi connectivity index (χ0n) is 13.6. The molecule has 5 nitrogen and oxygen atoms in total. The molecule has 0 radical (unpaired) electrons. The number of hydrogen-bond acceptors (Lipinski definition) is 3. The fourth-order valence-corrected chi connectivity index (χ4v) is 2.78. The molecule has 0 unspecified atom stereocenters. The maximum absolute atomic E-state index is 12.4. The predicted molar refractivity (Wildman–Crippen MR) is 94.1 cm³/mol. The molecule has 24 heavy (non-hydrogen) atoms. The largest absolute Gasteiger partial charge is 0.497 e. The van der Waals surface area contributed by atoms with Gasteiger partial charge in [0.2, 0.25) is 0 Å². The second kappa shape index (κ2) is 6.61. The Bertz CT molecular complexity index is 742. The molecule has 1 saturated carbocycles. The van der Waals surface area contributed by atoms with Crippen molar-refractivity contribution in [1.29, 1.82) is 0 Å². The molecule has 0 heterocycles. The molecule has 0 atom stereocenters. The van der Waals surface area contributed by atoms with Crippen LogP contribution in [0.3, 0.4) is 0 Å². The highest BCUT2D eigenvalue weighted by Crippen LogP contribution is 2.45. The Balaban J connectivity index is 1.71. The minimum Gasteiger partial charge on any atom is -0.497 e. The minimum atomic E-state index is -0.311. The second-order valence-electron chi connectivity index (χ2n) is 5.73. The van der Waals surface area contributed by atoms with Gasteiger partial charge in [-0.1, -0.05) is 23.7 Å². The standard InChI is InChI=1S/C18H19ClN2O3/c1-23-14-7-8-15(16(11-14)24-2)20-17(22)21-18(9-10-18)12-3-5-13(19)6-4-12/h3-8,11H,9-10H2,1-2H3,(H2,20,21,22). The highest BCUT2D eigenvalue weighted by Gasteiger charge is 2.45. The van der Waals surface area contributed by atoms with E-state index in [-0.39, 0.29) is 11.6 Å². The molecule has 1 fully saturated rings. The summed E-state index contributed by atoms with van der Waals surface area (Å²) in [7, 11) is 3.13. The predicted octanol–water partition coefficient (Wildman–Crippen LogP) is 4.17. The van der Waals surface area contributed by atoms with E-state index in [0.29, 0.717) is 22.2 Å². The number of carbonyl (C=O) groups is 1. The minimum absolute atomic E-state index is 0.272. The molecule has 0 bridgehead atoms. The number of benzene rings is 2. The van der Waals surface area contributed by atoms with Gasteiger partial charge in [-0.25, -0.2) is 4.79 Å². The summed E-state index contributed by atoms with van der Waals surface area (Å²) < 4.78 is 10.5. The van der Waals surface area contributed by atoms with Gasteiger partial charge < -0.3 is 20.1 Å². The van der Waals surface area contributed by atoms with Gasteiger partial charge in [0.05, 0.1) is 25.4 Å². The zero-order chi connectivity index (χ0) is 17.2. The van der Waals surface area contributed by atoms with Crippen LogP contribution in [0.25, 0.3) is 0 Å². The third kappa shape index (κ3) is 3.41. The quantitative estimate of drug-likeness (QED) is 0.854. The van der Waals surface area contributed by atoms with Gasteiger partial charge in [0.1, 0.15) is 11.5 Å². The van der Waals surface area contributed by atoms with Gasteiger partial charge in [-0.15, -0.1) is 0 Å². The first-order valence-electron chi connectivity index (χ1n) is 7.63. The number of amides is 2. The van der Waals surface area contributed by atoms with Gasteiger partial charge in [-0.2, -0.15) is 0 Å². The number of ether oxygens (including phenoxy) is 2. The Labute approximate surface area is 145 Å². The molecule has 0 spiro atoms. The molecule has 126 valence electrons. The number of hydrogen-bond donors (Lipinski definition) is 2. The number of rotatable bonds is 5. The number of urea groups is 1. The van der Waals surface area contributed by atoms with Crippen LogP contribution in [-0.2, 0) is 5.54 Å². The molecule has 6 heteroatoms. The number of carbonyl (C=O) groups excluding carboxylic acids is 1. The summed E-state index contributed by atoms with van der Waals surface area (Å²) in [6.45, 7) is 0. The number of anilines is 1. The molecule has 2 aromatic carbocycles. The summed E-state index contributed by atoms with van der Waals surface area (Å²) in [5.41, 5.74) is 1.33. The van der Waals surface area contributed by atoms with Gasteiger partial charge in [0.25, 0.3) is 0 Å². The van der Waals surface area contributed by atoms with Crippen molar-refractivity contribution >= 4 is 23.3 Å². The number of halogens is 1. The Morgan fingerprint density at radius 3 is 2.38 bits per heavy atom.